The van der Waals surface area contributed by atoms with E-state index in [0.29, 0.717) is 11.5 Å². The Labute approximate surface area is 87.9 Å². The Kier molecular flexibility index (Phi) is 2.48. The summed E-state index contributed by atoms with van der Waals surface area (Å²) in [6.45, 7) is 2.76. The Morgan fingerprint density at radius 2 is 2.47 bits per heavy atom. The fourth-order valence-electron chi connectivity index (χ4n) is 1.84. The number of aryl methyl sites for hydroxylation is 1. The number of nitrogens with zero attached hydrogens (tertiary/aromatic N) is 2. The lowest BCUT2D eigenvalue weighted by atomic mass is 10.1. The van der Waals surface area contributed by atoms with E-state index < -0.39 is 12.0 Å². The van der Waals surface area contributed by atoms with Crippen LogP contribution < -0.4 is 5.73 Å². The zero-order valence-corrected chi connectivity index (χ0v) is 8.68. The summed E-state index contributed by atoms with van der Waals surface area (Å²) in [7, 11) is 0. The molecule has 3 N–H and O–H groups in total. The van der Waals surface area contributed by atoms with E-state index >= 15 is 0 Å². The van der Waals surface area contributed by atoms with Gasteiger partial charge in [-0.25, -0.2) is 0 Å². The van der Waals surface area contributed by atoms with Gasteiger partial charge in [0.05, 0.1) is 6.20 Å². The standard InChI is InChI=1S/C10H15N3O2/c1-2-13-9(6-3-4-6)7(5-12-13)8(11)10(14)15/h5-6,8H,2-4,11H2,1H3,(H,14,15). The fraction of sp³-hybridized carbons (Fsp3) is 0.600. The van der Waals surface area contributed by atoms with E-state index in [0.717, 1.165) is 25.1 Å². The van der Waals surface area contributed by atoms with E-state index in [4.69, 9.17) is 10.8 Å². The number of aromatic nitrogens is 2. The Hall–Kier alpha value is -1.36. The molecule has 1 heterocycles. The third kappa shape index (κ3) is 1.74. The molecule has 0 radical (unpaired) electrons. The Morgan fingerprint density at radius 3 is 2.93 bits per heavy atom. The van der Waals surface area contributed by atoms with E-state index in [9.17, 15) is 4.79 Å². The number of aliphatic carboxylic acids is 1. The van der Waals surface area contributed by atoms with Crippen LogP contribution in [0.4, 0.5) is 0 Å². The van der Waals surface area contributed by atoms with Crippen LogP contribution in [0.1, 0.15) is 43.0 Å². The van der Waals surface area contributed by atoms with Gasteiger partial charge in [-0.2, -0.15) is 5.10 Å². The van der Waals surface area contributed by atoms with Crippen molar-refractivity contribution in [2.45, 2.75) is 38.3 Å². The number of carboxylic acid groups (broad SMARTS) is 1. The highest BCUT2D eigenvalue weighted by Crippen LogP contribution is 2.42. The van der Waals surface area contributed by atoms with Crippen molar-refractivity contribution in [3.8, 4) is 0 Å². The van der Waals surface area contributed by atoms with Crippen molar-refractivity contribution in [3.63, 3.8) is 0 Å². The second kappa shape index (κ2) is 3.66. The first-order valence-corrected chi connectivity index (χ1v) is 5.19. The summed E-state index contributed by atoms with van der Waals surface area (Å²) < 4.78 is 1.86. The van der Waals surface area contributed by atoms with E-state index in [2.05, 4.69) is 5.10 Å². The van der Waals surface area contributed by atoms with Crippen molar-refractivity contribution >= 4 is 5.97 Å². The molecule has 1 unspecified atom stereocenters. The molecule has 1 aromatic heterocycles. The maximum absolute atomic E-state index is 10.8. The van der Waals surface area contributed by atoms with Crippen LogP contribution in [0, 0.1) is 0 Å². The van der Waals surface area contributed by atoms with Gasteiger partial charge in [0.2, 0.25) is 0 Å². The van der Waals surface area contributed by atoms with Gasteiger partial charge in [0.25, 0.3) is 0 Å². The van der Waals surface area contributed by atoms with Crippen LogP contribution in [0.25, 0.3) is 0 Å². The van der Waals surface area contributed by atoms with Gasteiger partial charge in [0.15, 0.2) is 0 Å². The number of rotatable bonds is 4. The highest BCUT2D eigenvalue weighted by molar-refractivity contribution is 5.75. The van der Waals surface area contributed by atoms with Gasteiger partial charge in [-0.05, 0) is 19.8 Å². The van der Waals surface area contributed by atoms with Crippen molar-refractivity contribution in [3.05, 3.63) is 17.5 Å². The van der Waals surface area contributed by atoms with Crippen molar-refractivity contribution in [1.82, 2.24) is 9.78 Å². The minimum atomic E-state index is -0.993. The summed E-state index contributed by atoms with van der Waals surface area (Å²) in [5.74, 6) is -0.527. The third-order valence-corrected chi connectivity index (χ3v) is 2.77. The second-order valence-electron chi connectivity index (χ2n) is 3.89. The van der Waals surface area contributed by atoms with Crippen molar-refractivity contribution in [1.29, 1.82) is 0 Å². The number of nitrogens with two attached hydrogens (primary N) is 1. The highest BCUT2D eigenvalue weighted by Gasteiger charge is 2.33. The Balaban J connectivity index is 2.38. The summed E-state index contributed by atoms with van der Waals surface area (Å²) >= 11 is 0. The molecule has 0 aliphatic heterocycles. The predicted molar refractivity (Wildman–Crippen MR) is 54.4 cm³/mol. The average Bonchev–Trinajstić information content (AvgIpc) is 2.96. The largest absolute Gasteiger partial charge is 0.480 e. The number of hydrogen-bond donors (Lipinski definition) is 2. The monoisotopic (exact) mass is 209 g/mol. The first-order valence-electron chi connectivity index (χ1n) is 5.19. The molecule has 0 saturated heterocycles. The summed E-state index contributed by atoms with van der Waals surface area (Å²) in [5, 5.41) is 13.1. The molecule has 1 aliphatic carbocycles. The summed E-state index contributed by atoms with van der Waals surface area (Å²) in [4.78, 5) is 10.8. The lowest BCUT2D eigenvalue weighted by Gasteiger charge is -2.09. The van der Waals surface area contributed by atoms with Crippen LogP contribution in [0.5, 0.6) is 0 Å². The molecule has 0 bridgehead atoms. The van der Waals surface area contributed by atoms with E-state index in [1.165, 1.54) is 0 Å². The van der Waals surface area contributed by atoms with Gasteiger partial charge in [0.1, 0.15) is 6.04 Å². The first-order chi connectivity index (χ1) is 7.15. The fourth-order valence-corrected chi connectivity index (χ4v) is 1.84. The number of carbonyl (C=O) groups is 1. The second-order valence-corrected chi connectivity index (χ2v) is 3.89. The summed E-state index contributed by atoms with van der Waals surface area (Å²) in [5.41, 5.74) is 7.31. The topological polar surface area (TPSA) is 81.1 Å². The first kappa shape index (κ1) is 10.2. The zero-order chi connectivity index (χ0) is 11.0. The normalized spacial score (nSPS) is 17.7. The summed E-state index contributed by atoms with van der Waals surface area (Å²) in [6, 6.07) is -0.944. The maximum Gasteiger partial charge on any atom is 0.325 e. The van der Waals surface area contributed by atoms with Gasteiger partial charge in [-0.3, -0.25) is 9.48 Å². The highest BCUT2D eigenvalue weighted by atomic mass is 16.4. The van der Waals surface area contributed by atoms with Crippen molar-refractivity contribution in [2.75, 3.05) is 0 Å². The zero-order valence-electron chi connectivity index (χ0n) is 8.68. The molecule has 0 amide bonds. The van der Waals surface area contributed by atoms with Gasteiger partial charge < -0.3 is 10.8 Å². The van der Waals surface area contributed by atoms with Crippen LogP contribution in [-0.4, -0.2) is 20.9 Å². The molecule has 1 saturated carbocycles. The molecule has 0 aromatic carbocycles. The molecular formula is C10H15N3O2. The van der Waals surface area contributed by atoms with Gasteiger partial charge >= 0.3 is 5.97 Å². The summed E-state index contributed by atoms with van der Waals surface area (Å²) in [6.07, 6.45) is 3.83. The number of carboxylic acids is 1. The maximum atomic E-state index is 10.8. The minimum absolute atomic E-state index is 0.466. The molecule has 1 aliphatic rings. The van der Waals surface area contributed by atoms with E-state index in [1.54, 1.807) is 6.20 Å². The Morgan fingerprint density at radius 1 is 1.80 bits per heavy atom. The average molecular weight is 209 g/mol. The molecule has 1 atom stereocenters. The SMILES string of the molecule is CCn1ncc(C(N)C(=O)O)c1C1CC1. The van der Waals surface area contributed by atoms with Crippen LogP contribution in [0.3, 0.4) is 0 Å². The van der Waals surface area contributed by atoms with Gasteiger partial charge in [-0.15, -0.1) is 0 Å². The van der Waals surface area contributed by atoms with Crippen LogP contribution in [0.2, 0.25) is 0 Å². The molecule has 5 heteroatoms. The van der Waals surface area contributed by atoms with E-state index in [1.807, 2.05) is 11.6 Å². The quantitative estimate of drug-likeness (QED) is 0.770. The number of hydrogen-bond acceptors (Lipinski definition) is 3. The molecule has 0 spiro atoms. The van der Waals surface area contributed by atoms with Crippen molar-refractivity contribution < 1.29 is 9.90 Å². The van der Waals surface area contributed by atoms with Gasteiger partial charge in [-0.1, -0.05) is 0 Å². The van der Waals surface area contributed by atoms with E-state index in [-0.39, 0.29) is 0 Å². The molecule has 5 nitrogen and oxygen atoms in total. The minimum Gasteiger partial charge on any atom is -0.480 e. The van der Waals surface area contributed by atoms with Crippen LogP contribution in [0.15, 0.2) is 6.20 Å². The lowest BCUT2D eigenvalue weighted by Crippen LogP contribution is -2.21. The molecule has 2 rings (SSSR count). The molecular weight excluding hydrogens is 194 g/mol. The Bertz CT molecular complexity index is 382. The smallest absolute Gasteiger partial charge is 0.325 e. The van der Waals surface area contributed by atoms with Crippen molar-refractivity contribution in [2.24, 2.45) is 5.73 Å². The van der Waals surface area contributed by atoms with Gasteiger partial charge in [0, 0.05) is 23.7 Å². The molecule has 1 fully saturated rings. The molecule has 15 heavy (non-hydrogen) atoms. The molecule has 1 aromatic rings. The third-order valence-electron chi connectivity index (χ3n) is 2.77. The lowest BCUT2D eigenvalue weighted by molar-refractivity contribution is -0.138. The van der Waals surface area contributed by atoms with Crippen LogP contribution >= 0.6 is 0 Å². The predicted octanol–water partition coefficient (Wildman–Crippen LogP) is 0.865. The molecule has 82 valence electrons. The van der Waals surface area contributed by atoms with Crippen LogP contribution in [-0.2, 0) is 11.3 Å².